The summed E-state index contributed by atoms with van der Waals surface area (Å²) < 4.78 is 26.5. The average molecular weight is 269 g/mol. The van der Waals surface area contributed by atoms with Crippen molar-refractivity contribution in [3.8, 4) is 11.1 Å². The van der Waals surface area contributed by atoms with E-state index in [2.05, 4.69) is 0 Å². The van der Waals surface area contributed by atoms with Crippen LogP contribution in [0.4, 0.5) is 13.8 Å². The van der Waals surface area contributed by atoms with Crippen molar-refractivity contribution in [2.24, 2.45) is 0 Å². The zero-order valence-electron chi connectivity index (χ0n) is 9.33. The van der Waals surface area contributed by atoms with Crippen molar-refractivity contribution in [3.63, 3.8) is 0 Å². The molecule has 3 nitrogen and oxygen atoms in total. The maximum atomic E-state index is 13.7. The molecule has 0 aliphatic heterocycles. The first kappa shape index (κ1) is 12.5. The van der Waals surface area contributed by atoms with Crippen LogP contribution in [0, 0.1) is 18.6 Å². The van der Waals surface area contributed by atoms with Gasteiger partial charge in [0.15, 0.2) is 0 Å². The van der Waals surface area contributed by atoms with Crippen LogP contribution in [0.3, 0.4) is 0 Å². The van der Waals surface area contributed by atoms with Gasteiger partial charge in [0.2, 0.25) is 0 Å². The zero-order chi connectivity index (χ0) is 13.4. The Balaban J connectivity index is 2.74. The normalized spacial score (nSPS) is 10.6. The number of halogens is 2. The summed E-state index contributed by atoms with van der Waals surface area (Å²) in [7, 11) is 0. The fraction of sp³-hybridized carbons (Fsp3) is 0.0833. The Bertz CT molecular complexity index is 637. The monoisotopic (exact) mass is 269 g/mol. The van der Waals surface area contributed by atoms with E-state index in [1.165, 1.54) is 6.07 Å². The highest BCUT2D eigenvalue weighted by Gasteiger charge is 2.23. The number of aromatic carboxylic acids is 1. The number of benzene rings is 1. The lowest BCUT2D eigenvalue weighted by atomic mass is 10.0. The van der Waals surface area contributed by atoms with E-state index in [0.29, 0.717) is 10.9 Å². The maximum Gasteiger partial charge on any atom is 0.339 e. The minimum atomic E-state index is -1.23. The Labute approximate surface area is 105 Å². The summed E-state index contributed by atoms with van der Waals surface area (Å²) in [6, 6.07) is 3.01. The number of anilines is 1. The molecule has 0 unspecified atom stereocenters. The average Bonchev–Trinajstić information content (AvgIpc) is 2.53. The number of hydrogen-bond acceptors (Lipinski definition) is 3. The van der Waals surface area contributed by atoms with Crippen LogP contribution < -0.4 is 5.73 Å². The molecule has 3 N–H and O–H groups in total. The Morgan fingerprint density at radius 3 is 2.61 bits per heavy atom. The maximum absolute atomic E-state index is 13.7. The summed E-state index contributed by atoms with van der Waals surface area (Å²) in [4.78, 5) is 11.7. The minimum Gasteiger partial charge on any atom is -0.478 e. The fourth-order valence-electron chi connectivity index (χ4n) is 1.80. The summed E-state index contributed by atoms with van der Waals surface area (Å²) in [6.07, 6.45) is 0. The second-order valence-electron chi connectivity index (χ2n) is 3.70. The second-order valence-corrected chi connectivity index (χ2v) is 4.96. The summed E-state index contributed by atoms with van der Waals surface area (Å²) in [5, 5.41) is 9.21. The van der Waals surface area contributed by atoms with E-state index in [9.17, 15) is 13.6 Å². The van der Waals surface area contributed by atoms with Crippen molar-refractivity contribution in [3.05, 3.63) is 40.3 Å². The van der Waals surface area contributed by atoms with Crippen LogP contribution in [0.15, 0.2) is 18.2 Å². The van der Waals surface area contributed by atoms with E-state index in [4.69, 9.17) is 10.8 Å². The van der Waals surface area contributed by atoms with Crippen LogP contribution >= 0.6 is 11.3 Å². The molecule has 0 fully saturated rings. The van der Waals surface area contributed by atoms with Crippen LogP contribution in [0.2, 0.25) is 0 Å². The SMILES string of the molecule is Cc1sc(N)c(C(=O)O)c1-c1ccc(F)cc1F. The molecule has 0 saturated carbocycles. The van der Waals surface area contributed by atoms with Crippen molar-refractivity contribution in [2.75, 3.05) is 5.73 Å². The summed E-state index contributed by atoms with van der Waals surface area (Å²) in [6.45, 7) is 1.64. The molecule has 94 valence electrons. The van der Waals surface area contributed by atoms with Gasteiger partial charge in [-0.05, 0) is 19.1 Å². The van der Waals surface area contributed by atoms with Gasteiger partial charge in [-0.3, -0.25) is 0 Å². The van der Waals surface area contributed by atoms with Gasteiger partial charge >= 0.3 is 5.97 Å². The molecule has 0 saturated heterocycles. The highest BCUT2D eigenvalue weighted by molar-refractivity contribution is 7.16. The smallest absolute Gasteiger partial charge is 0.339 e. The first-order valence-electron chi connectivity index (χ1n) is 4.99. The molecular formula is C12H9F2NO2S. The number of carbonyl (C=O) groups is 1. The molecular weight excluding hydrogens is 260 g/mol. The van der Waals surface area contributed by atoms with Gasteiger partial charge in [-0.15, -0.1) is 11.3 Å². The number of thiophene rings is 1. The molecule has 0 aliphatic rings. The molecule has 1 heterocycles. The third-order valence-electron chi connectivity index (χ3n) is 2.53. The van der Waals surface area contributed by atoms with Crippen LogP contribution in [0.5, 0.6) is 0 Å². The zero-order valence-corrected chi connectivity index (χ0v) is 10.1. The number of carboxylic acids is 1. The highest BCUT2D eigenvalue weighted by Crippen LogP contribution is 2.39. The van der Waals surface area contributed by atoms with Gasteiger partial charge in [0.05, 0.1) is 0 Å². The third-order valence-corrected chi connectivity index (χ3v) is 3.46. The molecule has 0 spiro atoms. The fourth-order valence-corrected chi connectivity index (χ4v) is 2.73. The third kappa shape index (κ3) is 1.95. The van der Waals surface area contributed by atoms with Gasteiger partial charge in [0, 0.05) is 22.1 Å². The molecule has 18 heavy (non-hydrogen) atoms. The molecule has 2 aromatic rings. The molecule has 0 atom stereocenters. The summed E-state index contributed by atoms with van der Waals surface area (Å²) in [5.74, 6) is -2.75. The minimum absolute atomic E-state index is 0.0410. The summed E-state index contributed by atoms with van der Waals surface area (Å²) in [5.41, 5.74) is 5.72. The molecule has 0 amide bonds. The number of hydrogen-bond donors (Lipinski definition) is 2. The Morgan fingerprint density at radius 1 is 1.39 bits per heavy atom. The standard InChI is InChI=1S/C12H9F2NO2S/c1-5-9(10(12(16)17)11(15)18-5)7-3-2-6(13)4-8(7)14/h2-4H,15H2,1H3,(H,16,17). The lowest BCUT2D eigenvalue weighted by Gasteiger charge is -2.05. The van der Waals surface area contributed by atoms with Gasteiger partial charge in [-0.25, -0.2) is 13.6 Å². The quantitative estimate of drug-likeness (QED) is 0.879. The van der Waals surface area contributed by atoms with E-state index < -0.39 is 17.6 Å². The largest absolute Gasteiger partial charge is 0.478 e. The number of carboxylic acid groups (broad SMARTS) is 1. The van der Waals surface area contributed by atoms with Crippen LogP contribution in [0.1, 0.15) is 15.2 Å². The lowest BCUT2D eigenvalue weighted by molar-refractivity contribution is 0.0699. The molecule has 0 bridgehead atoms. The number of rotatable bonds is 2. The van der Waals surface area contributed by atoms with Crippen molar-refractivity contribution in [1.29, 1.82) is 0 Å². The number of nitrogens with two attached hydrogens (primary N) is 1. The van der Waals surface area contributed by atoms with Gasteiger partial charge in [-0.1, -0.05) is 0 Å². The first-order valence-corrected chi connectivity index (χ1v) is 5.81. The van der Waals surface area contributed by atoms with Crippen LogP contribution in [-0.4, -0.2) is 11.1 Å². The molecule has 1 aromatic heterocycles. The van der Waals surface area contributed by atoms with Crippen molar-refractivity contribution in [2.45, 2.75) is 6.92 Å². The molecule has 2 rings (SSSR count). The van der Waals surface area contributed by atoms with Crippen LogP contribution in [0.25, 0.3) is 11.1 Å². The van der Waals surface area contributed by atoms with E-state index in [1.807, 2.05) is 0 Å². The van der Waals surface area contributed by atoms with Crippen LogP contribution in [-0.2, 0) is 0 Å². The second kappa shape index (κ2) is 4.38. The van der Waals surface area contributed by atoms with E-state index in [1.54, 1.807) is 6.92 Å². The molecule has 0 aliphatic carbocycles. The van der Waals surface area contributed by atoms with Gasteiger partial charge in [-0.2, -0.15) is 0 Å². The lowest BCUT2D eigenvalue weighted by Crippen LogP contribution is -2.01. The number of nitrogen functional groups attached to an aromatic ring is 1. The van der Waals surface area contributed by atoms with Crippen molar-refractivity contribution in [1.82, 2.24) is 0 Å². The molecule has 1 aromatic carbocycles. The van der Waals surface area contributed by atoms with Crippen molar-refractivity contribution >= 4 is 22.3 Å². The Hall–Kier alpha value is -1.95. The summed E-state index contributed by atoms with van der Waals surface area (Å²) >= 11 is 1.07. The van der Waals surface area contributed by atoms with E-state index in [0.717, 1.165) is 17.4 Å². The topological polar surface area (TPSA) is 63.3 Å². The van der Waals surface area contributed by atoms with E-state index >= 15 is 0 Å². The van der Waals surface area contributed by atoms with Gasteiger partial charge < -0.3 is 10.8 Å². The Kier molecular flexibility index (Phi) is 3.04. The number of aryl methyl sites for hydroxylation is 1. The van der Waals surface area contributed by atoms with Crippen molar-refractivity contribution < 1.29 is 18.7 Å². The van der Waals surface area contributed by atoms with Gasteiger partial charge in [0.1, 0.15) is 22.2 Å². The predicted octanol–water partition coefficient (Wildman–Crippen LogP) is 3.28. The molecule has 0 radical (unpaired) electrons. The highest BCUT2D eigenvalue weighted by atomic mass is 32.1. The van der Waals surface area contributed by atoms with Gasteiger partial charge in [0.25, 0.3) is 0 Å². The predicted molar refractivity (Wildman–Crippen MR) is 65.8 cm³/mol. The van der Waals surface area contributed by atoms with E-state index in [-0.39, 0.29) is 21.7 Å². The molecule has 6 heteroatoms. The Morgan fingerprint density at radius 2 is 2.06 bits per heavy atom. The first-order chi connectivity index (χ1) is 8.41.